The van der Waals surface area contributed by atoms with Crippen molar-refractivity contribution in [2.24, 2.45) is 11.3 Å². The number of fused-ring (bicyclic) bond motifs is 1. The molecule has 0 aromatic heterocycles. The van der Waals surface area contributed by atoms with E-state index < -0.39 is 46.7 Å². The predicted molar refractivity (Wildman–Crippen MR) is 208 cm³/mol. The van der Waals surface area contributed by atoms with Gasteiger partial charge >= 0.3 is 5.97 Å². The van der Waals surface area contributed by atoms with Gasteiger partial charge in [0.1, 0.15) is 23.5 Å². The fourth-order valence-electron chi connectivity index (χ4n) is 6.92. The van der Waals surface area contributed by atoms with Crippen molar-refractivity contribution < 1.29 is 24.2 Å². The number of unbranched alkanes of at least 4 members (excludes halogenated alkanes) is 2. The summed E-state index contributed by atoms with van der Waals surface area (Å²) >= 11 is 1.37. The number of nitrogens with zero attached hydrogens (tertiary/aromatic N) is 2. The Bertz CT molecular complexity index is 1630. The van der Waals surface area contributed by atoms with Crippen LogP contribution in [0, 0.1) is 21.7 Å². The number of nitrogens with one attached hydrogen (secondary N) is 2. The summed E-state index contributed by atoms with van der Waals surface area (Å²) in [6.07, 6.45) is 7.28. The average molecular weight is 734 g/mol. The van der Waals surface area contributed by atoms with Crippen LogP contribution in [-0.2, 0) is 14.4 Å². The van der Waals surface area contributed by atoms with E-state index in [1.54, 1.807) is 36.4 Å². The largest absolute Gasteiger partial charge is 0.626 e. The molecule has 0 saturated carbocycles. The number of amides is 2. The molecule has 1 heterocycles. The number of benzene rings is 3. The molecule has 1 aliphatic rings. The Morgan fingerprint density at radius 3 is 2.13 bits per heavy atom. The first-order valence-electron chi connectivity index (χ1n) is 18.2. The van der Waals surface area contributed by atoms with Crippen LogP contribution in [0.2, 0.25) is 0 Å². The lowest BCUT2D eigenvalue weighted by Gasteiger charge is -2.50. The van der Waals surface area contributed by atoms with Crippen LogP contribution in [0.15, 0.2) is 77.7 Å². The summed E-state index contributed by atoms with van der Waals surface area (Å²) in [6, 6.07) is 19.3. The Kier molecular flexibility index (Phi) is 14.5. The van der Waals surface area contributed by atoms with Crippen LogP contribution >= 0.6 is 11.8 Å². The fraction of sp³-hybridized carbons (Fsp3) is 0.475. The van der Waals surface area contributed by atoms with Crippen LogP contribution in [0.3, 0.4) is 0 Å². The number of carboxylic acids is 1. The SMILES string of the molecule is CCCCC1(CCCC)CN(c2ccccc2)c2cc(SC)c(OCC(=O)N[C@@H](C(=O)N[C@@H](CC(C)C)C(=O)O)c3ccccc3)cc2[N+]([O-])([O-])C1. The van der Waals surface area contributed by atoms with Gasteiger partial charge in [-0.2, -0.15) is 0 Å². The molecule has 3 N–H and O–H groups in total. The number of hydroxylamine groups is 2. The first-order valence-corrected chi connectivity index (χ1v) is 19.4. The average Bonchev–Trinajstić information content (AvgIpc) is 3.22. The molecule has 11 nitrogen and oxygen atoms in total. The van der Waals surface area contributed by atoms with E-state index in [9.17, 15) is 29.9 Å². The summed E-state index contributed by atoms with van der Waals surface area (Å²) < 4.78 is 6.04. The highest BCUT2D eigenvalue weighted by molar-refractivity contribution is 7.98. The molecule has 0 fully saturated rings. The van der Waals surface area contributed by atoms with Gasteiger partial charge in [-0.15, -0.1) is 11.8 Å². The van der Waals surface area contributed by atoms with Gasteiger partial charge in [0.05, 0.1) is 11.4 Å². The minimum Gasteiger partial charge on any atom is -0.626 e. The Morgan fingerprint density at radius 1 is 0.962 bits per heavy atom. The van der Waals surface area contributed by atoms with Gasteiger partial charge in [0.25, 0.3) is 5.91 Å². The van der Waals surface area contributed by atoms with Gasteiger partial charge in [-0.05, 0) is 55.2 Å². The molecule has 3 aromatic carbocycles. The lowest BCUT2D eigenvalue weighted by molar-refractivity contribution is -0.142. The molecular formula is C40H53N4O7S-. The molecule has 0 spiro atoms. The smallest absolute Gasteiger partial charge is 0.326 e. The lowest BCUT2D eigenvalue weighted by Crippen LogP contribution is -2.48. The van der Waals surface area contributed by atoms with Crippen molar-refractivity contribution in [2.45, 2.75) is 89.6 Å². The van der Waals surface area contributed by atoms with Crippen LogP contribution in [0.25, 0.3) is 0 Å². The van der Waals surface area contributed by atoms with Crippen molar-refractivity contribution in [2.75, 3.05) is 30.9 Å². The van der Waals surface area contributed by atoms with Gasteiger partial charge < -0.3 is 40.6 Å². The summed E-state index contributed by atoms with van der Waals surface area (Å²) in [5.41, 5.74) is 1.35. The van der Waals surface area contributed by atoms with Crippen LogP contribution in [0.4, 0.5) is 17.1 Å². The topological polar surface area (TPSA) is 154 Å². The number of hydrogen-bond donors (Lipinski definition) is 3. The van der Waals surface area contributed by atoms with E-state index in [0.717, 1.165) is 44.2 Å². The highest BCUT2D eigenvalue weighted by Crippen LogP contribution is 2.50. The number of hydrogen-bond acceptors (Lipinski definition) is 8. The normalized spacial score (nSPS) is 16.0. The molecule has 2 atom stereocenters. The van der Waals surface area contributed by atoms with Crippen molar-refractivity contribution in [3.63, 3.8) is 0 Å². The number of ether oxygens (including phenoxy) is 1. The predicted octanol–water partition coefficient (Wildman–Crippen LogP) is 8.08. The van der Waals surface area contributed by atoms with E-state index in [0.29, 0.717) is 22.7 Å². The molecule has 0 unspecified atom stereocenters. The van der Waals surface area contributed by atoms with E-state index in [1.165, 1.54) is 17.8 Å². The Morgan fingerprint density at radius 2 is 1.58 bits per heavy atom. The van der Waals surface area contributed by atoms with Crippen LogP contribution < -0.4 is 25.1 Å². The monoisotopic (exact) mass is 733 g/mol. The minimum absolute atomic E-state index is 0.00980. The van der Waals surface area contributed by atoms with Crippen LogP contribution in [0.5, 0.6) is 5.75 Å². The Labute approximate surface area is 311 Å². The number of para-hydroxylation sites is 1. The standard InChI is InChI=1S/C40H53N4O7S/c1-6-8-20-40(21-9-7-2)26-43(30-18-14-11-15-19-30)32-23-35(52-5)34(24-33(32)44(49,50)27-40)51-25-36(45)42-37(29-16-12-10-13-17-29)38(46)41-31(39(47)48)22-28(3)4/h10-19,23-24,28,31,37H,6-9,20-22,25-27H2,1-5H3,(H,41,46)(H,42,45)(H,47,48)/q-1/t31-,37+/m0/s1. The molecule has 3 aromatic rings. The first-order chi connectivity index (χ1) is 24.8. The summed E-state index contributed by atoms with van der Waals surface area (Å²) in [4.78, 5) is 39.7. The quantitative estimate of drug-likeness (QED) is 0.0669. The van der Waals surface area contributed by atoms with Gasteiger partial charge in [0.2, 0.25) is 5.91 Å². The zero-order valence-corrected chi connectivity index (χ0v) is 31.7. The van der Waals surface area contributed by atoms with Gasteiger partial charge in [-0.25, -0.2) is 4.79 Å². The second-order valence-corrected chi connectivity index (χ2v) is 15.0. The number of quaternary nitrogens is 1. The van der Waals surface area contributed by atoms with Crippen molar-refractivity contribution in [1.29, 1.82) is 0 Å². The molecule has 282 valence electrons. The van der Waals surface area contributed by atoms with Crippen molar-refractivity contribution in [3.8, 4) is 5.75 Å². The second-order valence-electron chi connectivity index (χ2n) is 14.2. The molecule has 0 saturated heterocycles. The highest BCUT2D eigenvalue weighted by atomic mass is 32.2. The van der Waals surface area contributed by atoms with Gasteiger partial charge in [-0.3, -0.25) is 9.59 Å². The molecule has 52 heavy (non-hydrogen) atoms. The molecule has 12 heteroatoms. The summed E-state index contributed by atoms with van der Waals surface area (Å²) in [5.74, 6) is -2.26. The van der Waals surface area contributed by atoms with E-state index in [4.69, 9.17) is 4.74 Å². The van der Waals surface area contributed by atoms with E-state index >= 15 is 0 Å². The molecule has 2 amide bonds. The van der Waals surface area contributed by atoms with Crippen LogP contribution in [0.1, 0.15) is 84.2 Å². The van der Waals surface area contributed by atoms with Crippen LogP contribution in [-0.4, -0.2) is 54.9 Å². The number of anilines is 2. The number of thioether (sulfide) groups is 1. The molecule has 0 aliphatic carbocycles. The molecule has 0 radical (unpaired) electrons. The molecule has 1 aliphatic heterocycles. The third-order valence-electron chi connectivity index (χ3n) is 9.53. The maximum absolute atomic E-state index is 14.3. The minimum atomic E-state index is -1.83. The van der Waals surface area contributed by atoms with Gasteiger partial charge in [0.15, 0.2) is 12.3 Å². The number of aliphatic carboxylic acids is 1. The third-order valence-corrected chi connectivity index (χ3v) is 10.3. The molecule has 0 bridgehead atoms. The number of carbonyl (C=O) groups is 3. The zero-order valence-electron chi connectivity index (χ0n) is 30.9. The zero-order chi connectivity index (χ0) is 37.9. The number of carbonyl (C=O) groups excluding carboxylic acids is 2. The van der Waals surface area contributed by atoms with Crippen molar-refractivity contribution in [1.82, 2.24) is 15.4 Å². The Hall–Kier alpha value is -4.10. The second kappa shape index (κ2) is 18.6. The highest BCUT2D eigenvalue weighted by Gasteiger charge is 2.42. The fourth-order valence-corrected chi connectivity index (χ4v) is 7.47. The maximum Gasteiger partial charge on any atom is 0.326 e. The summed E-state index contributed by atoms with van der Waals surface area (Å²) in [6.45, 7) is 7.81. The van der Waals surface area contributed by atoms with E-state index in [-0.39, 0.29) is 30.3 Å². The summed E-state index contributed by atoms with van der Waals surface area (Å²) in [5, 5.41) is 43.5. The van der Waals surface area contributed by atoms with Gasteiger partial charge in [-0.1, -0.05) is 102 Å². The van der Waals surface area contributed by atoms with Gasteiger partial charge in [0, 0.05) is 23.7 Å². The molecule has 4 rings (SSSR count). The third kappa shape index (κ3) is 10.5. The van der Waals surface area contributed by atoms with Crippen molar-refractivity contribution in [3.05, 3.63) is 88.8 Å². The Balaban J connectivity index is 1.66. The maximum atomic E-state index is 14.3. The summed E-state index contributed by atoms with van der Waals surface area (Å²) in [7, 11) is 0. The van der Waals surface area contributed by atoms with Crippen molar-refractivity contribution >= 4 is 46.6 Å². The molecular weight excluding hydrogens is 681 g/mol. The first kappa shape index (κ1) is 40.7. The lowest BCUT2D eigenvalue weighted by atomic mass is 9.77. The number of carboxylic acid groups (broad SMARTS) is 1. The number of rotatable bonds is 18. The van der Waals surface area contributed by atoms with E-state index in [1.807, 2.05) is 50.4 Å². The van der Waals surface area contributed by atoms with E-state index in [2.05, 4.69) is 29.4 Å².